The van der Waals surface area contributed by atoms with Crippen LogP contribution in [-0.4, -0.2) is 14.7 Å². The molecule has 0 atom stereocenters. The van der Waals surface area contributed by atoms with Gasteiger partial charge in [0, 0.05) is 6.26 Å². The first-order valence-electron chi connectivity index (χ1n) is 7.83. The molecule has 0 aliphatic carbocycles. The Morgan fingerprint density at radius 1 is 0.739 bits per heavy atom. The van der Waals surface area contributed by atoms with Gasteiger partial charge in [-0.15, -0.1) is 0 Å². The lowest BCUT2D eigenvalue weighted by Gasteiger charge is -1.93. The van der Waals surface area contributed by atoms with Crippen molar-refractivity contribution in [2.75, 3.05) is 6.26 Å². The number of sulfone groups is 1. The van der Waals surface area contributed by atoms with E-state index in [0.29, 0.717) is 4.90 Å². The van der Waals surface area contributed by atoms with Crippen molar-refractivity contribution in [1.82, 2.24) is 0 Å². The summed E-state index contributed by atoms with van der Waals surface area (Å²) in [6.07, 6.45) is 2.34. The minimum Gasteiger partial charge on any atom is -0.224 e. The van der Waals surface area contributed by atoms with Crippen LogP contribution in [0.2, 0.25) is 0 Å². The van der Waals surface area contributed by atoms with Crippen molar-refractivity contribution in [3.05, 3.63) is 66.2 Å². The van der Waals surface area contributed by atoms with E-state index < -0.39 is 9.84 Å². The molecule has 0 aliphatic heterocycles. The molecule has 2 aromatic rings. The molecule has 0 unspecified atom stereocenters. The molecular formula is C20H34O2S. The summed E-state index contributed by atoms with van der Waals surface area (Å²) >= 11 is 0. The number of rotatable bonds is 2. The number of benzene rings is 2. The smallest absolute Gasteiger partial charge is 0.175 e. The molecule has 0 saturated carbocycles. The van der Waals surface area contributed by atoms with Crippen LogP contribution in [0.4, 0.5) is 0 Å². The number of aryl methyl sites for hydroxylation is 1. The molecule has 2 rings (SSSR count). The zero-order valence-corrected chi connectivity index (χ0v) is 15.5. The Hall–Kier alpha value is -1.61. The van der Waals surface area contributed by atoms with Crippen LogP contribution < -0.4 is 0 Å². The van der Waals surface area contributed by atoms with Crippen molar-refractivity contribution >= 4 is 9.84 Å². The Morgan fingerprint density at radius 2 is 1.09 bits per heavy atom. The second-order valence-corrected chi connectivity index (χ2v) is 5.94. The highest BCUT2D eigenvalue weighted by atomic mass is 32.2. The van der Waals surface area contributed by atoms with Crippen molar-refractivity contribution < 1.29 is 8.42 Å². The monoisotopic (exact) mass is 338 g/mol. The summed E-state index contributed by atoms with van der Waals surface area (Å²) in [6.45, 7) is 10.2. The lowest BCUT2D eigenvalue weighted by atomic mass is 10.2. The van der Waals surface area contributed by atoms with E-state index in [1.54, 1.807) is 30.3 Å². The van der Waals surface area contributed by atoms with Gasteiger partial charge < -0.3 is 0 Å². The standard InChI is InChI=1S/C8H10.C7H8O2S.2C2H6.CH4/c1-2-8-6-4-3-5-7-8;1-10(8,9)7-5-3-2-4-6-7;2*1-2;/h3-7H,2H2,1H3;2-6H,1H3;2*1-2H3;1H4. The lowest BCUT2D eigenvalue weighted by molar-refractivity contribution is 0.602. The van der Waals surface area contributed by atoms with E-state index in [1.165, 1.54) is 11.8 Å². The fourth-order valence-corrected chi connectivity index (χ4v) is 2.03. The summed E-state index contributed by atoms with van der Waals surface area (Å²) in [6, 6.07) is 18.8. The third kappa shape index (κ3) is 13.8. The van der Waals surface area contributed by atoms with E-state index in [4.69, 9.17) is 0 Å². The quantitative estimate of drug-likeness (QED) is 0.670. The molecule has 23 heavy (non-hydrogen) atoms. The summed E-state index contributed by atoms with van der Waals surface area (Å²) in [5.41, 5.74) is 1.41. The largest absolute Gasteiger partial charge is 0.224 e. The minimum absolute atomic E-state index is 0. The van der Waals surface area contributed by atoms with E-state index in [2.05, 4.69) is 31.2 Å². The Labute approximate surface area is 144 Å². The van der Waals surface area contributed by atoms with E-state index >= 15 is 0 Å². The van der Waals surface area contributed by atoms with E-state index in [-0.39, 0.29) is 7.43 Å². The zero-order chi connectivity index (χ0) is 17.4. The molecule has 2 aromatic carbocycles. The molecule has 0 bridgehead atoms. The van der Waals surface area contributed by atoms with Crippen molar-refractivity contribution in [1.29, 1.82) is 0 Å². The molecule has 0 amide bonds. The Balaban J connectivity index is -0.000000280. The number of hydrogen-bond acceptors (Lipinski definition) is 2. The van der Waals surface area contributed by atoms with Gasteiger partial charge in [-0.05, 0) is 24.1 Å². The minimum atomic E-state index is -3.00. The fraction of sp³-hybridized carbons (Fsp3) is 0.400. The van der Waals surface area contributed by atoms with Gasteiger partial charge in [0.15, 0.2) is 9.84 Å². The van der Waals surface area contributed by atoms with Crippen LogP contribution in [0.1, 0.15) is 47.6 Å². The SMILES string of the molecule is C.CC.CC.CCc1ccccc1.CS(=O)(=O)c1ccccc1. The molecule has 0 saturated heterocycles. The lowest BCUT2D eigenvalue weighted by Crippen LogP contribution is -1.95. The van der Waals surface area contributed by atoms with Crippen molar-refractivity contribution in [2.45, 2.75) is 53.4 Å². The number of hydrogen-bond donors (Lipinski definition) is 0. The van der Waals surface area contributed by atoms with Gasteiger partial charge in [-0.25, -0.2) is 8.42 Å². The summed E-state index contributed by atoms with van der Waals surface area (Å²) in [4.78, 5) is 0.370. The predicted molar refractivity (Wildman–Crippen MR) is 105 cm³/mol. The molecule has 0 spiro atoms. The van der Waals surface area contributed by atoms with Crippen LogP contribution in [0, 0.1) is 0 Å². The van der Waals surface area contributed by atoms with Gasteiger partial charge in [0.25, 0.3) is 0 Å². The first-order valence-corrected chi connectivity index (χ1v) is 9.72. The molecule has 0 heterocycles. The fourth-order valence-electron chi connectivity index (χ4n) is 1.38. The molecule has 0 radical (unpaired) electrons. The van der Waals surface area contributed by atoms with Gasteiger partial charge in [0.05, 0.1) is 4.90 Å². The van der Waals surface area contributed by atoms with Gasteiger partial charge in [0.1, 0.15) is 0 Å². The highest BCUT2D eigenvalue weighted by Gasteiger charge is 2.02. The van der Waals surface area contributed by atoms with Crippen LogP contribution in [-0.2, 0) is 16.3 Å². The molecule has 0 fully saturated rings. The van der Waals surface area contributed by atoms with E-state index in [9.17, 15) is 8.42 Å². The predicted octanol–water partition coefficient (Wildman–Crippen LogP) is 6.03. The summed E-state index contributed by atoms with van der Waals surface area (Å²) in [5, 5.41) is 0. The van der Waals surface area contributed by atoms with Crippen molar-refractivity contribution in [3.63, 3.8) is 0 Å². The molecule has 0 aromatic heterocycles. The highest BCUT2D eigenvalue weighted by molar-refractivity contribution is 7.90. The van der Waals surface area contributed by atoms with Crippen molar-refractivity contribution in [2.24, 2.45) is 0 Å². The highest BCUT2D eigenvalue weighted by Crippen LogP contribution is 2.05. The summed E-state index contributed by atoms with van der Waals surface area (Å²) in [7, 11) is -3.00. The van der Waals surface area contributed by atoms with Crippen LogP contribution in [0.25, 0.3) is 0 Å². The zero-order valence-electron chi connectivity index (χ0n) is 14.7. The molecule has 0 aliphatic rings. The Morgan fingerprint density at radius 3 is 1.30 bits per heavy atom. The van der Waals surface area contributed by atoms with Crippen LogP contribution in [0.3, 0.4) is 0 Å². The van der Waals surface area contributed by atoms with Crippen LogP contribution >= 0.6 is 0 Å². The average Bonchev–Trinajstić information content (AvgIpc) is 2.60. The van der Waals surface area contributed by atoms with E-state index in [1.807, 2.05) is 33.8 Å². The van der Waals surface area contributed by atoms with Gasteiger partial charge in [-0.1, -0.05) is 90.6 Å². The van der Waals surface area contributed by atoms with Gasteiger partial charge in [-0.3, -0.25) is 0 Å². The average molecular weight is 339 g/mol. The molecule has 2 nitrogen and oxygen atoms in total. The maximum absolute atomic E-state index is 10.8. The maximum atomic E-state index is 10.8. The summed E-state index contributed by atoms with van der Waals surface area (Å²) in [5.74, 6) is 0. The third-order valence-electron chi connectivity index (χ3n) is 2.42. The molecule has 132 valence electrons. The first kappa shape index (κ1) is 26.3. The normalized spacial score (nSPS) is 8.61. The first-order chi connectivity index (χ1) is 10.5. The van der Waals surface area contributed by atoms with Crippen LogP contribution in [0.15, 0.2) is 65.6 Å². The topological polar surface area (TPSA) is 34.1 Å². The van der Waals surface area contributed by atoms with Gasteiger partial charge in [0.2, 0.25) is 0 Å². The maximum Gasteiger partial charge on any atom is 0.175 e. The summed E-state index contributed by atoms with van der Waals surface area (Å²) < 4.78 is 21.7. The van der Waals surface area contributed by atoms with E-state index in [0.717, 1.165) is 6.42 Å². The van der Waals surface area contributed by atoms with Gasteiger partial charge >= 0.3 is 0 Å². The molecule has 3 heteroatoms. The van der Waals surface area contributed by atoms with Crippen LogP contribution in [0.5, 0.6) is 0 Å². The second-order valence-electron chi connectivity index (χ2n) is 3.92. The van der Waals surface area contributed by atoms with Crippen molar-refractivity contribution in [3.8, 4) is 0 Å². The van der Waals surface area contributed by atoms with Gasteiger partial charge in [-0.2, -0.15) is 0 Å². The Kier molecular flexibility index (Phi) is 19.2. The Bertz CT molecular complexity index is 547. The second kappa shape index (κ2) is 16.8. The molecule has 0 N–H and O–H groups in total. The third-order valence-corrected chi connectivity index (χ3v) is 3.55. The molecular weight excluding hydrogens is 304 g/mol.